The number of anilines is 1. The smallest absolute Gasteiger partial charge is 0.335 e. The molecule has 0 aliphatic rings. The zero-order valence-electron chi connectivity index (χ0n) is 13.8. The van der Waals surface area contributed by atoms with Gasteiger partial charge in [-0.15, -0.1) is 10.2 Å². The predicted molar refractivity (Wildman–Crippen MR) is 97.0 cm³/mol. The highest BCUT2D eigenvalue weighted by Crippen LogP contribution is 2.26. The van der Waals surface area contributed by atoms with Crippen molar-refractivity contribution < 1.29 is 19.1 Å². The van der Waals surface area contributed by atoms with Gasteiger partial charge in [0.15, 0.2) is 0 Å². The van der Waals surface area contributed by atoms with Gasteiger partial charge in [0, 0.05) is 23.9 Å². The van der Waals surface area contributed by atoms with Crippen molar-refractivity contribution in [2.75, 3.05) is 5.32 Å². The minimum atomic E-state index is -0.959. The highest BCUT2D eigenvalue weighted by atomic mass is 32.2. The van der Waals surface area contributed by atoms with Crippen LogP contribution >= 0.6 is 11.8 Å². The van der Waals surface area contributed by atoms with Crippen LogP contribution < -0.4 is 5.32 Å². The number of carbonyl (C=O) groups is 2. The van der Waals surface area contributed by atoms with Gasteiger partial charge in [0.25, 0.3) is 5.22 Å². The molecule has 7 nitrogen and oxygen atoms in total. The molecular formula is C18H15N3O4S. The van der Waals surface area contributed by atoms with Crippen LogP contribution in [0.2, 0.25) is 0 Å². The molecule has 3 rings (SSSR count). The SMILES string of the molecule is CC(=O)Nc1ccc(-c2nnc(SCc3cccc(C(=O)O)c3)o2)cc1. The lowest BCUT2D eigenvalue weighted by atomic mass is 10.1. The summed E-state index contributed by atoms with van der Waals surface area (Å²) in [5.74, 6) is -0.202. The summed E-state index contributed by atoms with van der Waals surface area (Å²) in [7, 11) is 0. The van der Waals surface area contributed by atoms with Crippen molar-refractivity contribution in [2.24, 2.45) is 0 Å². The highest BCUT2D eigenvalue weighted by Gasteiger charge is 2.10. The number of carboxylic acid groups (broad SMARTS) is 1. The van der Waals surface area contributed by atoms with Gasteiger partial charge in [0.2, 0.25) is 11.8 Å². The van der Waals surface area contributed by atoms with Gasteiger partial charge in [-0.25, -0.2) is 4.79 Å². The molecule has 0 radical (unpaired) electrons. The Morgan fingerprint density at radius 1 is 1.15 bits per heavy atom. The lowest BCUT2D eigenvalue weighted by Gasteiger charge is -2.02. The Morgan fingerprint density at radius 3 is 2.62 bits per heavy atom. The van der Waals surface area contributed by atoms with E-state index < -0.39 is 5.97 Å². The number of thioether (sulfide) groups is 1. The van der Waals surface area contributed by atoms with Crippen molar-refractivity contribution >= 4 is 29.3 Å². The summed E-state index contributed by atoms with van der Waals surface area (Å²) in [6.07, 6.45) is 0. The van der Waals surface area contributed by atoms with Crippen LogP contribution in [0.15, 0.2) is 58.2 Å². The third-order valence-electron chi connectivity index (χ3n) is 3.39. The van der Waals surface area contributed by atoms with Gasteiger partial charge in [-0.05, 0) is 42.0 Å². The average Bonchev–Trinajstić information content (AvgIpc) is 3.09. The van der Waals surface area contributed by atoms with Gasteiger partial charge in [-0.2, -0.15) is 0 Å². The summed E-state index contributed by atoms with van der Waals surface area (Å²) >= 11 is 1.33. The molecule has 1 amide bonds. The molecule has 8 heteroatoms. The van der Waals surface area contributed by atoms with E-state index in [9.17, 15) is 9.59 Å². The Morgan fingerprint density at radius 2 is 1.92 bits per heavy atom. The largest absolute Gasteiger partial charge is 0.478 e. The van der Waals surface area contributed by atoms with E-state index in [-0.39, 0.29) is 11.5 Å². The standard InChI is InChI=1S/C18H15N3O4S/c1-11(22)19-15-7-5-13(6-8-15)16-20-21-18(25-16)26-10-12-3-2-4-14(9-12)17(23)24/h2-9H,10H2,1H3,(H,19,22)(H,23,24). The van der Waals surface area contributed by atoms with Crippen LogP contribution in [0.3, 0.4) is 0 Å². The number of benzene rings is 2. The number of carbonyl (C=O) groups excluding carboxylic acids is 1. The Labute approximate surface area is 153 Å². The minimum Gasteiger partial charge on any atom is -0.478 e. The Hall–Kier alpha value is -3.13. The molecule has 132 valence electrons. The molecule has 0 atom stereocenters. The van der Waals surface area contributed by atoms with Gasteiger partial charge in [-0.1, -0.05) is 23.9 Å². The number of carboxylic acids is 1. The molecule has 26 heavy (non-hydrogen) atoms. The van der Waals surface area contributed by atoms with Crippen LogP contribution in [-0.2, 0) is 10.5 Å². The summed E-state index contributed by atoms with van der Waals surface area (Å²) in [6.45, 7) is 1.45. The third kappa shape index (κ3) is 4.48. The first-order valence-corrected chi connectivity index (χ1v) is 8.66. The minimum absolute atomic E-state index is 0.138. The monoisotopic (exact) mass is 369 g/mol. The maximum atomic E-state index is 11.0. The number of rotatable bonds is 6. The molecule has 0 saturated heterocycles. The Balaban J connectivity index is 1.65. The van der Waals surface area contributed by atoms with Crippen molar-refractivity contribution in [3.63, 3.8) is 0 Å². The van der Waals surface area contributed by atoms with E-state index in [1.165, 1.54) is 18.7 Å². The molecule has 0 fully saturated rings. The fourth-order valence-corrected chi connectivity index (χ4v) is 2.93. The zero-order valence-corrected chi connectivity index (χ0v) is 14.6. The topological polar surface area (TPSA) is 105 Å². The number of amides is 1. The van der Waals surface area contributed by atoms with Crippen molar-refractivity contribution in [3.8, 4) is 11.5 Å². The molecule has 3 aromatic rings. The van der Waals surface area contributed by atoms with E-state index in [4.69, 9.17) is 9.52 Å². The number of aromatic nitrogens is 2. The van der Waals surface area contributed by atoms with Crippen molar-refractivity contribution in [1.82, 2.24) is 10.2 Å². The lowest BCUT2D eigenvalue weighted by molar-refractivity contribution is -0.114. The van der Waals surface area contributed by atoms with Gasteiger partial charge in [-0.3, -0.25) is 4.79 Å². The van der Waals surface area contributed by atoms with Crippen LogP contribution in [0, 0.1) is 0 Å². The van der Waals surface area contributed by atoms with Gasteiger partial charge in [0.05, 0.1) is 5.56 Å². The van der Waals surface area contributed by atoms with Crippen LogP contribution in [0.4, 0.5) is 5.69 Å². The fraction of sp³-hybridized carbons (Fsp3) is 0.111. The molecular weight excluding hydrogens is 354 g/mol. The number of nitrogens with one attached hydrogen (secondary N) is 1. The molecule has 0 aliphatic carbocycles. The molecule has 0 bridgehead atoms. The van der Waals surface area contributed by atoms with E-state index >= 15 is 0 Å². The Bertz CT molecular complexity index is 938. The maximum absolute atomic E-state index is 11.0. The first-order chi connectivity index (χ1) is 12.5. The second kappa shape index (κ2) is 7.83. The fourth-order valence-electron chi connectivity index (χ4n) is 2.22. The molecule has 0 unspecified atom stereocenters. The first-order valence-electron chi connectivity index (χ1n) is 7.68. The van der Waals surface area contributed by atoms with E-state index in [0.29, 0.717) is 22.6 Å². The number of nitrogens with zero attached hydrogens (tertiary/aromatic N) is 2. The molecule has 1 aromatic heterocycles. The van der Waals surface area contributed by atoms with E-state index in [0.717, 1.165) is 11.1 Å². The molecule has 2 aromatic carbocycles. The van der Waals surface area contributed by atoms with E-state index in [1.807, 2.05) is 6.07 Å². The zero-order chi connectivity index (χ0) is 18.5. The third-order valence-corrected chi connectivity index (χ3v) is 4.28. The summed E-state index contributed by atoms with van der Waals surface area (Å²) in [5.41, 5.74) is 2.53. The second-order valence-electron chi connectivity index (χ2n) is 5.43. The van der Waals surface area contributed by atoms with Gasteiger partial charge >= 0.3 is 5.97 Å². The molecule has 2 N–H and O–H groups in total. The summed E-state index contributed by atoms with van der Waals surface area (Å²) in [6, 6.07) is 13.8. The molecule has 0 saturated carbocycles. The van der Waals surface area contributed by atoms with Crippen molar-refractivity contribution in [1.29, 1.82) is 0 Å². The van der Waals surface area contributed by atoms with E-state index in [1.54, 1.807) is 42.5 Å². The summed E-state index contributed by atoms with van der Waals surface area (Å²) in [4.78, 5) is 22.0. The Kier molecular flexibility index (Phi) is 5.33. The number of hydrogen-bond donors (Lipinski definition) is 2. The maximum Gasteiger partial charge on any atom is 0.335 e. The number of aromatic carboxylic acids is 1. The highest BCUT2D eigenvalue weighted by molar-refractivity contribution is 7.98. The van der Waals surface area contributed by atoms with Crippen molar-refractivity contribution in [2.45, 2.75) is 17.9 Å². The lowest BCUT2D eigenvalue weighted by Crippen LogP contribution is -2.05. The van der Waals surface area contributed by atoms with Crippen LogP contribution in [0.25, 0.3) is 11.5 Å². The summed E-state index contributed by atoms with van der Waals surface area (Å²) in [5, 5.41) is 20.1. The van der Waals surface area contributed by atoms with Crippen LogP contribution in [-0.4, -0.2) is 27.2 Å². The molecule has 1 heterocycles. The van der Waals surface area contributed by atoms with Crippen LogP contribution in [0.5, 0.6) is 0 Å². The van der Waals surface area contributed by atoms with Gasteiger partial charge in [0.1, 0.15) is 0 Å². The van der Waals surface area contributed by atoms with E-state index in [2.05, 4.69) is 15.5 Å². The average molecular weight is 369 g/mol. The van der Waals surface area contributed by atoms with Crippen molar-refractivity contribution in [3.05, 3.63) is 59.7 Å². The molecule has 0 aliphatic heterocycles. The summed E-state index contributed by atoms with van der Waals surface area (Å²) < 4.78 is 5.63. The number of hydrogen-bond acceptors (Lipinski definition) is 6. The normalized spacial score (nSPS) is 10.5. The quantitative estimate of drug-likeness (QED) is 0.638. The van der Waals surface area contributed by atoms with Crippen LogP contribution in [0.1, 0.15) is 22.8 Å². The first kappa shape index (κ1) is 17.7. The predicted octanol–water partition coefficient (Wildman–Crippen LogP) is 3.69. The second-order valence-corrected chi connectivity index (χ2v) is 6.35. The molecule has 0 spiro atoms. The van der Waals surface area contributed by atoms with Gasteiger partial charge < -0.3 is 14.8 Å².